The van der Waals surface area contributed by atoms with Gasteiger partial charge in [0, 0.05) is 27.3 Å². The van der Waals surface area contributed by atoms with E-state index in [4.69, 9.17) is 0 Å². The molecule has 1 heteroatoms. The second-order valence-corrected chi connectivity index (χ2v) is 15.4. The number of anilines is 3. The number of para-hydroxylation sites is 1. The SMILES string of the molecule is Cc1cc2c(c3ccccc13)C(C)(C)c1cc3c(cc1-2)C(C)(C)c1c-3cc(N(c2ccccc2)c2cccc3ccccc23)c2ccccc12. The third-order valence-electron chi connectivity index (χ3n) is 11.9. The predicted octanol–water partition coefficient (Wildman–Crippen LogP) is 13.5. The molecule has 10 rings (SSSR count). The van der Waals surface area contributed by atoms with E-state index in [9.17, 15) is 0 Å². The molecular weight excluding hydrogens is 603 g/mol. The second-order valence-electron chi connectivity index (χ2n) is 15.4. The molecule has 0 spiro atoms. The molecule has 1 nitrogen and oxygen atoms in total. The Balaban J connectivity index is 1.28. The van der Waals surface area contributed by atoms with Crippen LogP contribution in [-0.4, -0.2) is 0 Å². The van der Waals surface area contributed by atoms with Crippen molar-refractivity contribution in [3.8, 4) is 22.3 Å². The smallest absolute Gasteiger partial charge is 0.0546 e. The van der Waals surface area contributed by atoms with Crippen molar-refractivity contribution in [2.24, 2.45) is 0 Å². The molecule has 0 saturated heterocycles. The van der Waals surface area contributed by atoms with Gasteiger partial charge in [-0.2, -0.15) is 0 Å². The fraction of sp³-hybridized carbons (Fsp3) is 0.143. The van der Waals surface area contributed by atoms with Crippen LogP contribution in [-0.2, 0) is 10.8 Å². The van der Waals surface area contributed by atoms with Crippen molar-refractivity contribution < 1.29 is 0 Å². The largest absolute Gasteiger partial charge is 0.309 e. The van der Waals surface area contributed by atoms with Gasteiger partial charge in [0.25, 0.3) is 0 Å². The number of rotatable bonds is 3. The summed E-state index contributed by atoms with van der Waals surface area (Å²) in [7, 11) is 0. The summed E-state index contributed by atoms with van der Waals surface area (Å²) in [5, 5.41) is 7.81. The summed E-state index contributed by atoms with van der Waals surface area (Å²) in [6.45, 7) is 12.0. The van der Waals surface area contributed by atoms with Crippen LogP contribution >= 0.6 is 0 Å². The lowest BCUT2D eigenvalue weighted by molar-refractivity contribution is 0.657. The van der Waals surface area contributed by atoms with Crippen molar-refractivity contribution in [3.63, 3.8) is 0 Å². The van der Waals surface area contributed by atoms with Gasteiger partial charge in [-0.3, -0.25) is 0 Å². The van der Waals surface area contributed by atoms with Gasteiger partial charge < -0.3 is 4.90 Å². The molecule has 240 valence electrons. The van der Waals surface area contributed by atoms with E-state index in [-0.39, 0.29) is 10.8 Å². The molecule has 0 saturated carbocycles. The highest BCUT2D eigenvalue weighted by atomic mass is 15.1. The fourth-order valence-corrected chi connectivity index (χ4v) is 9.61. The highest BCUT2D eigenvalue weighted by Gasteiger charge is 2.43. The van der Waals surface area contributed by atoms with E-state index in [0.29, 0.717) is 0 Å². The number of fused-ring (bicyclic) bond motifs is 11. The topological polar surface area (TPSA) is 3.24 Å². The summed E-state index contributed by atoms with van der Waals surface area (Å²) >= 11 is 0. The number of hydrogen-bond acceptors (Lipinski definition) is 1. The van der Waals surface area contributed by atoms with Crippen molar-refractivity contribution in [2.75, 3.05) is 4.90 Å². The van der Waals surface area contributed by atoms with Crippen LogP contribution in [0.4, 0.5) is 17.1 Å². The minimum absolute atomic E-state index is 0.126. The minimum atomic E-state index is -0.173. The van der Waals surface area contributed by atoms with Crippen molar-refractivity contribution in [1.82, 2.24) is 0 Å². The van der Waals surface area contributed by atoms with Crippen molar-refractivity contribution in [3.05, 3.63) is 173 Å². The Bertz CT molecular complexity index is 2710. The Morgan fingerprint density at radius 2 is 0.900 bits per heavy atom. The highest BCUT2D eigenvalue weighted by molar-refractivity contribution is 6.10. The first-order chi connectivity index (χ1) is 24.2. The van der Waals surface area contributed by atoms with Gasteiger partial charge in [0.05, 0.1) is 11.4 Å². The lowest BCUT2D eigenvalue weighted by atomic mass is 9.78. The van der Waals surface area contributed by atoms with Gasteiger partial charge in [-0.15, -0.1) is 0 Å². The maximum Gasteiger partial charge on any atom is 0.0546 e. The fourth-order valence-electron chi connectivity index (χ4n) is 9.61. The normalized spacial score (nSPS) is 14.8. The van der Waals surface area contributed by atoms with E-state index in [0.717, 1.165) is 5.69 Å². The molecule has 2 aliphatic rings. The molecule has 0 bridgehead atoms. The molecule has 8 aromatic carbocycles. The zero-order valence-electron chi connectivity index (χ0n) is 29.3. The summed E-state index contributed by atoms with van der Waals surface area (Å²) in [5.74, 6) is 0. The van der Waals surface area contributed by atoms with Gasteiger partial charge in [0.1, 0.15) is 0 Å². The first-order valence-corrected chi connectivity index (χ1v) is 17.9. The first-order valence-electron chi connectivity index (χ1n) is 17.9. The Hall–Kier alpha value is -5.66. The van der Waals surface area contributed by atoms with Gasteiger partial charge >= 0.3 is 0 Å². The molecule has 0 amide bonds. The van der Waals surface area contributed by atoms with E-state index >= 15 is 0 Å². The van der Waals surface area contributed by atoms with Crippen LogP contribution in [0.15, 0.2) is 146 Å². The van der Waals surface area contributed by atoms with E-state index in [2.05, 4.69) is 185 Å². The Kier molecular flexibility index (Phi) is 5.96. The molecule has 0 N–H and O–H groups in total. The summed E-state index contributed by atoms with van der Waals surface area (Å²) in [5.41, 5.74) is 15.8. The van der Waals surface area contributed by atoms with E-state index in [1.54, 1.807) is 0 Å². The molecule has 0 radical (unpaired) electrons. The van der Waals surface area contributed by atoms with Gasteiger partial charge in [-0.25, -0.2) is 0 Å². The number of hydrogen-bond donors (Lipinski definition) is 0. The summed E-state index contributed by atoms with van der Waals surface area (Å²) in [6, 6.07) is 54.4. The third kappa shape index (κ3) is 3.84. The summed E-state index contributed by atoms with van der Waals surface area (Å²) in [4.78, 5) is 2.48. The minimum Gasteiger partial charge on any atom is -0.309 e. The van der Waals surface area contributed by atoms with Gasteiger partial charge in [0.15, 0.2) is 0 Å². The zero-order valence-corrected chi connectivity index (χ0v) is 29.3. The lowest BCUT2D eigenvalue weighted by Crippen LogP contribution is -2.17. The van der Waals surface area contributed by atoms with Crippen LogP contribution in [0.3, 0.4) is 0 Å². The highest BCUT2D eigenvalue weighted by Crippen LogP contribution is 2.59. The van der Waals surface area contributed by atoms with E-state index < -0.39 is 0 Å². The maximum absolute atomic E-state index is 2.56. The molecule has 0 fully saturated rings. The molecule has 0 aromatic heterocycles. The van der Waals surface area contributed by atoms with Gasteiger partial charge in [0.2, 0.25) is 0 Å². The number of nitrogens with zero attached hydrogens (tertiary/aromatic N) is 1. The molecule has 8 aromatic rings. The molecule has 0 heterocycles. The molecule has 2 aliphatic carbocycles. The Labute approximate surface area is 294 Å². The van der Waals surface area contributed by atoms with Crippen molar-refractivity contribution >= 4 is 49.4 Å². The third-order valence-corrected chi connectivity index (χ3v) is 11.9. The van der Waals surface area contributed by atoms with Gasteiger partial charge in [-0.1, -0.05) is 137 Å². The van der Waals surface area contributed by atoms with Crippen LogP contribution in [0.25, 0.3) is 54.6 Å². The standard InChI is InChI=1S/C49H39N/c1-30-26-40-38-27-43-39(28-42(38)48(2,3)46(40)36-23-13-11-20-33(30)36)41-29-45(35-22-12-14-24-37(35)47(41)49(43,4)5)50(32-18-7-6-8-19-32)44-25-15-17-31-16-9-10-21-34(31)44/h6-29H,1-5H3. The van der Waals surface area contributed by atoms with Crippen molar-refractivity contribution in [1.29, 1.82) is 0 Å². The molecule has 0 atom stereocenters. The van der Waals surface area contributed by atoms with Crippen molar-refractivity contribution in [2.45, 2.75) is 45.4 Å². The molecule has 0 aliphatic heterocycles. The second kappa shape index (κ2) is 10.2. The maximum atomic E-state index is 2.56. The lowest BCUT2D eigenvalue weighted by Gasteiger charge is -2.30. The average Bonchev–Trinajstić information content (AvgIpc) is 3.50. The Morgan fingerprint density at radius 3 is 1.56 bits per heavy atom. The van der Waals surface area contributed by atoms with Gasteiger partial charge in [-0.05, 0) is 115 Å². The van der Waals surface area contributed by atoms with Crippen LogP contribution < -0.4 is 4.90 Å². The van der Waals surface area contributed by atoms with Crippen LogP contribution in [0, 0.1) is 6.92 Å². The number of benzene rings is 8. The average molecular weight is 642 g/mol. The van der Waals surface area contributed by atoms with E-state index in [1.807, 2.05) is 0 Å². The van der Waals surface area contributed by atoms with Crippen LogP contribution in [0.2, 0.25) is 0 Å². The molecular formula is C49H39N. The monoisotopic (exact) mass is 641 g/mol. The zero-order chi connectivity index (χ0) is 33.9. The molecule has 50 heavy (non-hydrogen) atoms. The van der Waals surface area contributed by atoms with Crippen LogP contribution in [0.1, 0.15) is 55.5 Å². The first kappa shape index (κ1) is 29.3. The Morgan fingerprint density at radius 1 is 0.400 bits per heavy atom. The summed E-state index contributed by atoms with van der Waals surface area (Å²) < 4.78 is 0. The number of aryl methyl sites for hydroxylation is 1. The van der Waals surface area contributed by atoms with Crippen LogP contribution in [0.5, 0.6) is 0 Å². The van der Waals surface area contributed by atoms with E-state index in [1.165, 1.54) is 93.8 Å². The summed E-state index contributed by atoms with van der Waals surface area (Å²) in [6.07, 6.45) is 0. The predicted molar refractivity (Wildman–Crippen MR) is 214 cm³/mol. The molecule has 0 unspecified atom stereocenters. The quantitative estimate of drug-likeness (QED) is 0.186.